The highest BCUT2D eigenvalue weighted by atomic mass is 35.5. The third-order valence-corrected chi connectivity index (χ3v) is 1.48. The fourth-order valence-corrected chi connectivity index (χ4v) is 0.680. The van der Waals surface area contributed by atoms with Crippen LogP contribution >= 0.6 is 11.6 Å². The Labute approximate surface area is 61.6 Å². The first-order chi connectivity index (χ1) is 3.98. The van der Waals surface area contributed by atoms with Crippen molar-refractivity contribution in [3.8, 4) is 0 Å². The number of rotatable bonds is 3. The fraction of sp³-hybridized carbons (Fsp3) is 1.00. The van der Waals surface area contributed by atoms with Crippen molar-refractivity contribution >= 4 is 11.6 Å². The average molecular weight is 153 g/mol. The van der Waals surface area contributed by atoms with Crippen LogP contribution in [-0.2, 0) is 0 Å². The second-order valence-electron chi connectivity index (χ2n) is 3.07. The molecule has 0 bridgehead atoms. The molecule has 0 aromatic heterocycles. The molecule has 1 N–H and O–H groups in total. The molecule has 1 unspecified atom stereocenters. The zero-order valence-corrected chi connectivity index (χ0v) is 7.02. The summed E-state index contributed by atoms with van der Waals surface area (Å²) in [5.74, 6) is 0.524. The maximum absolute atomic E-state index is 9.27. The first kappa shape index (κ1) is 9.21. The lowest BCUT2D eigenvalue weighted by Crippen LogP contribution is -2.45. The van der Waals surface area contributed by atoms with E-state index in [1.54, 1.807) is 0 Å². The molecule has 0 rings (SSSR count). The largest absolute Gasteiger partial charge is 0.345 e. The first-order valence-electron chi connectivity index (χ1n) is 3.03. The van der Waals surface area contributed by atoms with Crippen LogP contribution in [0.25, 0.3) is 0 Å². The van der Waals surface area contributed by atoms with E-state index < -0.39 is 0 Å². The van der Waals surface area contributed by atoms with Gasteiger partial charge in [0.1, 0.15) is 0 Å². The third-order valence-electron chi connectivity index (χ3n) is 1.26. The van der Waals surface area contributed by atoms with E-state index in [9.17, 15) is 5.11 Å². The Hall–Kier alpha value is 0.210. The lowest BCUT2D eigenvalue weighted by Gasteiger charge is -2.29. The predicted molar refractivity (Wildman–Crippen MR) is 39.4 cm³/mol. The molecule has 0 aromatic carbocycles. The zero-order chi connectivity index (χ0) is 7.49. The topological polar surface area (TPSA) is 20.2 Å². The summed E-state index contributed by atoms with van der Waals surface area (Å²) in [6, 6.07) is 0. The summed E-state index contributed by atoms with van der Waals surface area (Å²) in [5, 5.41) is 9.27. The quantitative estimate of drug-likeness (QED) is 0.358. The third kappa shape index (κ3) is 3.73. The molecule has 0 aliphatic rings. The molecule has 56 valence electrons. The minimum absolute atomic E-state index is 0.331. The van der Waals surface area contributed by atoms with Gasteiger partial charge in [-0.3, -0.25) is 0 Å². The second kappa shape index (κ2) is 3.40. The summed E-state index contributed by atoms with van der Waals surface area (Å²) in [5.41, 5.74) is 0. The fourth-order valence-electron chi connectivity index (χ4n) is 0.485. The molecule has 2 nitrogen and oxygen atoms in total. The van der Waals surface area contributed by atoms with Gasteiger partial charge in [-0.2, -0.15) is 0 Å². The minimum atomic E-state index is -0.331. The van der Waals surface area contributed by atoms with Gasteiger partial charge in [0.15, 0.2) is 6.23 Å². The summed E-state index contributed by atoms with van der Waals surface area (Å²) in [4.78, 5) is 0. The van der Waals surface area contributed by atoms with Crippen molar-refractivity contribution in [2.24, 2.45) is 0 Å². The van der Waals surface area contributed by atoms with Gasteiger partial charge in [-0.05, 0) is 0 Å². The molecular weight excluding hydrogens is 138 g/mol. The highest BCUT2D eigenvalue weighted by molar-refractivity contribution is 6.17. The number of hydrogen-bond donors (Lipinski definition) is 1. The molecule has 0 saturated carbocycles. The summed E-state index contributed by atoms with van der Waals surface area (Å²) in [7, 11) is 5.83. The minimum Gasteiger partial charge on any atom is -0.345 e. The van der Waals surface area contributed by atoms with Crippen LogP contribution in [0.3, 0.4) is 0 Å². The maximum Gasteiger partial charge on any atom is 0.191 e. The van der Waals surface area contributed by atoms with E-state index in [1.807, 2.05) is 21.1 Å². The Bertz CT molecular complexity index is 79.6. The molecule has 0 spiro atoms. The lowest BCUT2D eigenvalue weighted by molar-refractivity contribution is -0.918. The number of halogens is 1. The highest BCUT2D eigenvalue weighted by Crippen LogP contribution is 2.03. The maximum atomic E-state index is 9.27. The molecule has 0 aromatic rings. The van der Waals surface area contributed by atoms with Crippen LogP contribution in [0, 0.1) is 0 Å². The molecule has 0 radical (unpaired) electrons. The number of aliphatic hydroxyl groups is 1. The van der Waals surface area contributed by atoms with Crippen molar-refractivity contribution in [1.82, 2.24) is 0 Å². The molecule has 1 atom stereocenters. The Kier molecular flexibility index (Phi) is 3.48. The van der Waals surface area contributed by atoms with E-state index in [0.717, 1.165) is 0 Å². The van der Waals surface area contributed by atoms with E-state index in [-0.39, 0.29) is 6.23 Å². The normalized spacial score (nSPS) is 15.7. The summed E-state index contributed by atoms with van der Waals surface area (Å²) >= 11 is 5.43. The van der Waals surface area contributed by atoms with E-state index in [2.05, 4.69) is 0 Å². The van der Waals surface area contributed by atoms with Gasteiger partial charge in [0.2, 0.25) is 0 Å². The molecule has 0 aliphatic carbocycles. The Morgan fingerprint density at radius 1 is 1.44 bits per heavy atom. The van der Waals surface area contributed by atoms with Crippen LogP contribution in [-0.4, -0.2) is 42.8 Å². The van der Waals surface area contributed by atoms with Crippen molar-refractivity contribution in [3.63, 3.8) is 0 Å². The molecule has 0 saturated heterocycles. The molecular formula is C6H15ClNO+. The number of hydrogen-bond acceptors (Lipinski definition) is 1. The van der Waals surface area contributed by atoms with Crippen molar-refractivity contribution in [1.29, 1.82) is 0 Å². The summed E-state index contributed by atoms with van der Waals surface area (Å²) in [6.07, 6.45) is 0.327. The molecule has 3 heteroatoms. The molecule has 0 amide bonds. The predicted octanol–water partition coefficient (Wildman–Crippen LogP) is 0.640. The molecule has 9 heavy (non-hydrogen) atoms. The average Bonchev–Trinajstić information content (AvgIpc) is 1.64. The number of quaternary nitrogens is 1. The van der Waals surface area contributed by atoms with Crippen LogP contribution < -0.4 is 0 Å². The van der Waals surface area contributed by atoms with Crippen LogP contribution in [0.2, 0.25) is 0 Å². The lowest BCUT2D eigenvalue weighted by atomic mass is 10.3. The number of nitrogens with zero attached hydrogens (tertiary/aromatic N) is 1. The summed E-state index contributed by atoms with van der Waals surface area (Å²) < 4.78 is 0.562. The van der Waals surface area contributed by atoms with Crippen LogP contribution in [0.15, 0.2) is 0 Å². The van der Waals surface area contributed by atoms with Crippen molar-refractivity contribution in [2.75, 3.05) is 27.0 Å². The molecule has 0 aliphatic heterocycles. The van der Waals surface area contributed by atoms with Crippen molar-refractivity contribution < 1.29 is 9.59 Å². The highest BCUT2D eigenvalue weighted by Gasteiger charge is 2.18. The smallest absolute Gasteiger partial charge is 0.191 e. The zero-order valence-electron chi connectivity index (χ0n) is 6.26. The van der Waals surface area contributed by atoms with E-state index in [4.69, 9.17) is 11.6 Å². The van der Waals surface area contributed by atoms with Gasteiger partial charge in [0.25, 0.3) is 0 Å². The Morgan fingerprint density at radius 2 is 1.89 bits per heavy atom. The van der Waals surface area contributed by atoms with Gasteiger partial charge in [-0.1, -0.05) is 0 Å². The number of aliphatic hydroxyl groups excluding tert-OH is 1. The van der Waals surface area contributed by atoms with E-state index >= 15 is 0 Å². The van der Waals surface area contributed by atoms with Gasteiger partial charge >= 0.3 is 0 Å². The monoisotopic (exact) mass is 152 g/mol. The van der Waals surface area contributed by atoms with Crippen molar-refractivity contribution in [3.05, 3.63) is 0 Å². The van der Waals surface area contributed by atoms with Gasteiger partial charge in [0.05, 0.1) is 21.1 Å². The SMILES string of the molecule is C[N+](C)(C)C(O)CCCl. The van der Waals surface area contributed by atoms with Gasteiger partial charge in [-0.15, -0.1) is 11.6 Å². The molecule has 0 heterocycles. The van der Waals surface area contributed by atoms with Crippen LogP contribution in [0.4, 0.5) is 0 Å². The van der Waals surface area contributed by atoms with Gasteiger partial charge in [0, 0.05) is 12.3 Å². The van der Waals surface area contributed by atoms with Gasteiger partial charge in [-0.25, -0.2) is 0 Å². The van der Waals surface area contributed by atoms with Crippen LogP contribution in [0.5, 0.6) is 0 Å². The Morgan fingerprint density at radius 3 is 2.00 bits per heavy atom. The molecule has 0 fully saturated rings. The number of alkyl halides is 1. The van der Waals surface area contributed by atoms with Gasteiger partial charge < -0.3 is 9.59 Å². The summed E-state index contributed by atoms with van der Waals surface area (Å²) in [6.45, 7) is 0. The Balaban J connectivity index is 3.59. The van der Waals surface area contributed by atoms with E-state index in [1.165, 1.54) is 0 Å². The first-order valence-corrected chi connectivity index (χ1v) is 3.57. The van der Waals surface area contributed by atoms with Crippen molar-refractivity contribution in [2.45, 2.75) is 12.6 Å². The van der Waals surface area contributed by atoms with E-state index in [0.29, 0.717) is 16.8 Å². The second-order valence-corrected chi connectivity index (χ2v) is 3.45. The standard InChI is InChI=1S/C6H15ClNO/c1-8(2,3)6(9)4-5-7/h6,9H,4-5H2,1-3H3/q+1. The van der Waals surface area contributed by atoms with Crippen LogP contribution in [0.1, 0.15) is 6.42 Å².